The monoisotopic (exact) mass is 635 g/mol. The van der Waals surface area contributed by atoms with E-state index in [1.165, 1.54) is 47.4 Å². The predicted octanol–water partition coefficient (Wildman–Crippen LogP) is 6.15. The van der Waals surface area contributed by atoms with Crippen LogP contribution in [0.15, 0.2) is 108 Å². The lowest BCUT2D eigenvalue weighted by atomic mass is 10.0. The maximum absolute atomic E-state index is 14.4. The van der Waals surface area contributed by atoms with Crippen LogP contribution in [0.1, 0.15) is 30.0 Å². The minimum Gasteiger partial charge on any atom is -0.354 e. The van der Waals surface area contributed by atoms with E-state index in [4.69, 9.17) is 11.6 Å². The molecule has 0 bridgehead atoms. The van der Waals surface area contributed by atoms with Gasteiger partial charge in [-0.2, -0.15) is 0 Å². The third-order valence-corrected chi connectivity index (χ3v) is 9.19. The smallest absolute Gasteiger partial charge is 0.264 e. The number of rotatable bonds is 13. The van der Waals surface area contributed by atoms with Crippen LogP contribution in [0.3, 0.4) is 0 Å². The number of carbonyl (C=O) groups excluding carboxylic acids is 2. The summed E-state index contributed by atoms with van der Waals surface area (Å²) in [6.45, 7) is 3.47. The first-order valence-corrected chi connectivity index (χ1v) is 16.1. The van der Waals surface area contributed by atoms with Gasteiger partial charge in [0.1, 0.15) is 18.4 Å². The number of hydrogen-bond donors (Lipinski definition) is 1. The van der Waals surface area contributed by atoms with Crippen LogP contribution in [0, 0.1) is 12.7 Å². The van der Waals surface area contributed by atoms with Crippen molar-refractivity contribution in [1.29, 1.82) is 0 Å². The molecule has 7 nitrogen and oxygen atoms in total. The Morgan fingerprint density at radius 1 is 0.864 bits per heavy atom. The molecule has 4 aromatic rings. The standard InChI is InChI=1S/C34H35ClFN3O4S/c1-3-21-37-34(41)32(22-26-9-5-4-6-10-26)38(23-27-15-17-28(36)18-16-27)33(40)24-39(31-12-8-7-11-30(31)35)44(42,43)29-19-13-25(2)14-20-29/h4-20,32H,3,21-24H2,1-2H3,(H,37,41). The predicted molar refractivity (Wildman–Crippen MR) is 171 cm³/mol. The topological polar surface area (TPSA) is 86.8 Å². The number of sulfonamides is 1. The SMILES string of the molecule is CCCNC(=O)C(Cc1ccccc1)N(Cc1ccc(F)cc1)C(=O)CN(c1ccccc1Cl)S(=O)(=O)c1ccc(C)cc1. The quantitative estimate of drug-likeness (QED) is 0.191. The number of aryl methyl sites for hydroxylation is 1. The summed E-state index contributed by atoms with van der Waals surface area (Å²) in [5.41, 5.74) is 2.39. The fourth-order valence-electron chi connectivity index (χ4n) is 4.71. The van der Waals surface area contributed by atoms with Crippen LogP contribution in [0.2, 0.25) is 5.02 Å². The van der Waals surface area contributed by atoms with Crippen molar-refractivity contribution >= 4 is 39.1 Å². The lowest BCUT2D eigenvalue weighted by molar-refractivity contribution is -0.140. The van der Waals surface area contributed by atoms with E-state index in [-0.39, 0.29) is 34.5 Å². The fraction of sp³-hybridized carbons (Fsp3) is 0.235. The number of nitrogens with zero attached hydrogens (tertiary/aromatic N) is 2. The Morgan fingerprint density at radius 3 is 2.14 bits per heavy atom. The summed E-state index contributed by atoms with van der Waals surface area (Å²) < 4.78 is 42.9. The molecule has 1 N–H and O–H groups in total. The first kappa shape index (κ1) is 32.7. The highest BCUT2D eigenvalue weighted by atomic mass is 35.5. The molecule has 2 amide bonds. The zero-order chi connectivity index (χ0) is 31.7. The van der Waals surface area contributed by atoms with E-state index < -0.39 is 34.3 Å². The molecule has 0 aliphatic rings. The third kappa shape index (κ3) is 8.24. The van der Waals surface area contributed by atoms with E-state index in [2.05, 4.69) is 5.32 Å². The largest absolute Gasteiger partial charge is 0.354 e. The van der Waals surface area contributed by atoms with Crippen LogP contribution in [-0.2, 0) is 32.6 Å². The van der Waals surface area contributed by atoms with Crippen molar-refractivity contribution in [3.05, 3.63) is 131 Å². The van der Waals surface area contributed by atoms with E-state index in [9.17, 15) is 22.4 Å². The van der Waals surface area contributed by atoms with Crippen molar-refractivity contribution in [2.45, 2.75) is 44.2 Å². The molecule has 230 valence electrons. The van der Waals surface area contributed by atoms with Gasteiger partial charge in [-0.1, -0.05) is 90.8 Å². The zero-order valence-electron chi connectivity index (χ0n) is 24.6. The molecule has 0 radical (unpaired) electrons. The summed E-state index contributed by atoms with van der Waals surface area (Å²) in [6.07, 6.45) is 0.866. The zero-order valence-corrected chi connectivity index (χ0v) is 26.2. The van der Waals surface area contributed by atoms with Gasteiger partial charge in [0.25, 0.3) is 10.0 Å². The number of benzene rings is 4. The van der Waals surface area contributed by atoms with Crippen molar-refractivity contribution in [1.82, 2.24) is 10.2 Å². The Labute approximate surface area is 263 Å². The van der Waals surface area contributed by atoms with Crippen molar-refractivity contribution in [3.63, 3.8) is 0 Å². The molecular formula is C34H35ClFN3O4S. The number of nitrogens with one attached hydrogen (secondary N) is 1. The summed E-state index contributed by atoms with van der Waals surface area (Å²) in [6, 6.07) is 26.6. The van der Waals surface area contributed by atoms with Gasteiger partial charge >= 0.3 is 0 Å². The number of halogens is 2. The van der Waals surface area contributed by atoms with Crippen LogP contribution >= 0.6 is 11.6 Å². The molecule has 0 saturated carbocycles. The molecule has 0 saturated heterocycles. The number of anilines is 1. The maximum Gasteiger partial charge on any atom is 0.264 e. The van der Waals surface area contributed by atoms with Gasteiger partial charge in [0.05, 0.1) is 15.6 Å². The average molecular weight is 636 g/mol. The Hall–Kier alpha value is -4.21. The summed E-state index contributed by atoms with van der Waals surface area (Å²) in [7, 11) is -4.27. The van der Waals surface area contributed by atoms with E-state index >= 15 is 0 Å². The van der Waals surface area contributed by atoms with Crippen LogP contribution < -0.4 is 9.62 Å². The summed E-state index contributed by atoms with van der Waals surface area (Å²) in [4.78, 5) is 29.4. The second kappa shape index (κ2) is 15.0. The highest BCUT2D eigenvalue weighted by Gasteiger charge is 2.35. The third-order valence-electron chi connectivity index (χ3n) is 7.10. The minimum atomic E-state index is -4.27. The Bertz CT molecular complexity index is 1670. The van der Waals surface area contributed by atoms with E-state index in [1.54, 1.807) is 30.3 Å². The Balaban J connectivity index is 1.80. The molecule has 44 heavy (non-hydrogen) atoms. The van der Waals surface area contributed by atoms with Crippen LogP contribution in [0.5, 0.6) is 0 Å². The van der Waals surface area contributed by atoms with Gasteiger partial charge in [0.15, 0.2) is 0 Å². The fourth-order valence-corrected chi connectivity index (χ4v) is 6.43. The highest BCUT2D eigenvalue weighted by molar-refractivity contribution is 7.92. The molecule has 4 aromatic carbocycles. The van der Waals surface area contributed by atoms with Gasteiger partial charge in [-0.05, 0) is 60.9 Å². The first-order valence-electron chi connectivity index (χ1n) is 14.3. The second-order valence-electron chi connectivity index (χ2n) is 10.4. The van der Waals surface area contributed by atoms with Gasteiger partial charge < -0.3 is 10.2 Å². The van der Waals surface area contributed by atoms with E-state index in [1.807, 2.05) is 44.2 Å². The van der Waals surface area contributed by atoms with Gasteiger partial charge in [-0.3, -0.25) is 13.9 Å². The Kier molecular flexibility index (Phi) is 11.1. The molecular weight excluding hydrogens is 601 g/mol. The summed E-state index contributed by atoms with van der Waals surface area (Å²) in [5, 5.41) is 3.03. The second-order valence-corrected chi connectivity index (χ2v) is 12.7. The van der Waals surface area contributed by atoms with Crippen molar-refractivity contribution in [2.75, 3.05) is 17.4 Å². The molecule has 0 spiro atoms. The van der Waals surface area contributed by atoms with Crippen LogP contribution in [0.25, 0.3) is 0 Å². The van der Waals surface area contributed by atoms with Crippen LogP contribution in [0.4, 0.5) is 10.1 Å². The summed E-state index contributed by atoms with van der Waals surface area (Å²) in [5.74, 6) is -1.45. The molecule has 4 rings (SSSR count). The molecule has 0 heterocycles. The lowest BCUT2D eigenvalue weighted by Gasteiger charge is -2.34. The highest BCUT2D eigenvalue weighted by Crippen LogP contribution is 2.31. The Morgan fingerprint density at radius 2 is 1.50 bits per heavy atom. The molecule has 10 heteroatoms. The van der Waals surface area contributed by atoms with Crippen molar-refractivity contribution in [2.24, 2.45) is 0 Å². The van der Waals surface area contributed by atoms with Crippen molar-refractivity contribution in [3.8, 4) is 0 Å². The molecule has 0 aliphatic carbocycles. The minimum absolute atomic E-state index is 0.0116. The van der Waals surface area contributed by atoms with Gasteiger partial charge in [-0.25, -0.2) is 12.8 Å². The number of carbonyl (C=O) groups is 2. The molecule has 0 fully saturated rings. The van der Waals surface area contributed by atoms with Crippen LogP contribution in [-0.4, -0.2) is 44.3 Å². The normalized spacial score (nSPS) is 11.9. The number of hydrogen-bond acceptors (Lipinski definition) is 4. The first-order chi connectivity index (χ1) is 21.1. The van der Waals surface area contributed by atoms with Gasteiger partial charge in [0, 0.05) is 19.5 Å². The van der Waals surface area contributed by atoms with E-state index in [0.717, 1.165) is 15.4 Å². The maximum atomic E-state index is 14.4. The number of amides is 2. The van der Waals surface area contributed by atoms with E-state index in [0.29, 0.717) is 18.5 Å². The molecule has 0 aromatic heterocycles. The average Bonchev–Trinajstić information content (AvgIpc) is 3.02. The number of para-hydroxylation sites is 1. The van der Waals surface area contributed by atoms with Crippen molar-refractivity contribution < 1.29 is 22.4 Å². The van der Waals surface area contributed by atoms with Gasteiger partial charge in [-0.15, -0.1) is 0 Å². The molecule has 0 aliphatic heterocycles. The lowest BCUT2D eigenvalue weighted by Crippen LogP contribution is -2.53. The molecule has 1 unspecified atom stereocenters. The summed E-state index contributed by atoms with van der Waals surface area (Å²) >= 11 is 6.49. The van der Waals surface area contributed by atoms with Gasteiger partial charge in [0.2, 0.25) is 11.8 Å². The molecule has 1 atom stereocenters.